The summed E-state index contributed by atoms with van der Waals surface area (Å²) in [6.07, 6.45) is 5.73. The van der Waals surface area contributed by atoms with Crippen LogP contribution in [0.3, 0.4) is 0 Å². The Morgan fingerprint density at radius 3 is 2.29 bits per heavy atom. The Balaban J connectivity index is 0.719. The van der Waals surface area contributed by atoms with E-state index in [2.05, 4.69) is 30.6 Å². The topological polar surface area (TPSA) is 182 Å². The molecule has 6 heterocycles. The summed E-state index contributed by atoms with van der Waals surface area (Å²) in [6, 6.07) is 9.55. The van der Waals surface area contributed by atoms with Crippen LogP contribution in [0.1, 0.15) is 97.9 Å². The molecule has 1 spiro atoms. The summed E-state index contributed by atoms with van der Waals surface area (Å²) < 4.78 is 46.2. The number of urea groups is 1. The van der Waals surface area contributed by atoms with Gasteiger partial charge in [-0.15, -0.1) is 5.10 Å². The van der Waals surface area contributed by atoms with E-state index >= 15 is 0 Å². The standard InChI is InChI=1S/C50H62F3N11O5/c1-31(36-24-37(50(51,52)53)27-38(54)25-36)56-45-39-28-43(55-29-40(39)32(2)58-59-45)61-20-22-63(23-21-61)46(66)34-8-15-60(16-9-34)30-33-6-11-49(12-7-33)13-18-62(19-14-49)47(67)35-4-5-42(69-3)41(26-35)64-17-10-44(65)57-48(64)68/h4-5,24-29,31,33-34H,6-23,30,54H2,1-3H3,(H,56,59)(H,57,65,68)/t31-/m1/s1. The zero-order valence-electron chi connectivity index (χ0n) is 39.6. The van der Waals surface area contributed by atoms with E-state index in [0.29, 0.717) is 79.3 Å². The van der Waals surface area contributed by atoms with E-state index in [-0.39, 0.29) is 47.7 Å². The van der Waals surface area contributed by atoms with E-state index in [1.807, 2.05) is 22.8 Å². The van der Waals surface area contributed by atoms with Gasteiger partial charge in [0.2, 0.25) is 11.8 Å². The molecule has 69 heavy (non-hydrogen) atoms. The van der Waals surface area contributed by atoms with Crippen LogP contribution in [0.15, 0.2) is 48.7 Å². The first-order chi connectivity index (χ1) is 33.1. The van der Waals surface area contributed by atoms with Gasteiger partial charge in [-0.3, -0.25) is 24.6 Å². The molecule has 5 amide bonds. The van der Waals surface area contributed by atoms with Gasteiger partial charge in [0.1, 0.15) is 11.6 Å². The summed E-state index contributed by atoms with van der Waals surface area (Å²) in [6.45, 7) is 10.5. The van der Waals surface area contributed by atoms with Crippen LogP contribution in [-0.4, -0.2) is 126 Å². The van der Waals surface area contributed by atoms with Gasteiger partial charge >= 0.3 is 12.2 Å². The molecule has 0 bridgehead atoms. The number of anilines is 4. The number of fused-ring (bicyclic) bond motifs is 1. The molecule has 368 valence electrons. The van der Waals surface area contributed by atoms with Crippen LogP contribution < -0.4 is 30.9 Å². The number of alkyl halides is 3. The summed E-state index contributed by atoms with van der Waals surface area (Å²) in [4.78, 5) is 66.7. The number of nitrogens with one attached hydrogen (secondary N) is 2. The highest BCUT2D eigenvalue weighted by Gasteiger charge is 2.41. The lowest BCUT2D eigenvalue weighted by molar-refractivity contribution is -0.138. The van der Waals surface area contributed by atoms with E-state index in [1.54, 1.807) is 31.3 Å². The van der Waals surface area contributed by atoms with Gasteiger partial charge in [0.15, 0.2) is 5.82 Å². The van der Waals surface area contributed by atoms with Crippen LogP contribution in [0.4, 0.5) is 41.0 Å². The fraction of sp³-hybridized carbons (Fsp3) is 0.540. The number of nitrogens with two attached hydrogens (primary N) is 1. The van der Waals surface area contributed by atoms with Crippen LogP contribution in [-0.2, 0) is 15.8 Å². The molecule has 1 saturated carbocycles. The van der Waals surface area contributed by atoms with Gasteiger partial charge in [0.05, 0.1) is 30.1 Å². The molecule has 5 aliphatic rings. The molecule has 2 aromatic carbocycles. The summed E-state index contributed by atoms with van der Waals surface area (Å²) in [7, 11) is 1.52. The number of amides is 5. The molecule has 4 saturated heterocycles. The number of rotatable bonds is 10. The second kappa shape index (κ2) is 19.6. The maximum atomic E-state index is 13.8. The molecule has 4 aromatic rings. The molecule has 5 fully saturated rings. The number of likely N-dealkylation sites (tertiary alicyclic amines) is 2. The molecule has 1 aliphatic carbocycles. The van der Waals surface area contributed by atoms with Crippen molar-refractivity contribution in [2.45, 2.75) is 83.9 Å². The Labute approximate surface area is 400 Å². The zero-order chi connectivity index (χ0) is 48.6. The van der Waals surface area contributed by atoms with Crippen LogP contribution in [0.25, 0.3) is 10.8 Å². The minimum absolute atomic E-state index is 0.0119. The molecule has 4 N–H and O–H groups in total. The van der Waals surface area contributed by atoms with E-state index in [1.165, 1.54) is 30.9 Å². The summed E-state index contributed by atoms with van der Waals surface area (Å²) >= 11 is 0. The van der Waals surface area contributed by atoms with Crippen molar-refractivity contribution < 1.29 is 37.1 Å². The van der Waals surface area contributed by atoms with Crippen molar-refractivity contribution in [3.8, 4) is 5.75 Å². The number of nitrogen functional groups attached to an aromatic ring is 1. The fourth-order valence-electron chi connectivity index (χ4n) is 11.1. The molecular formula is C50H62F3N11O5. The number of hydrogen-bond acceptors (Lipinski definition) is 12. The summed E-state index contributed by atoms with van der Waals surface area (Å²) in [5.41, 5.74) is 7.35. The molecule has 2 aromatic heterocycles. The van der Waals surface area contributed by atoms with Crippen molar-refractivity contribution in [3.63, 3.8) is 0 Å². The maximum Gasteiger partial charge on any atom is 0.416 e. The number of ether oxygens (including phenoxy) is 1. The molecule has 16 nitrogen and oxygen atoms in total. The largest absolute Gasteiger partial charge is 0.495 e. The average Bonchev–Trinajstić information content (AvgIpc) is 3.35. The third-order valence-electron chi connectivity index (χ3n) is 15.4. The van der Waals surface area contributed by atoms with Crippen LogP contribution in [0.2, 0.25) is 0 Å². The normalized spacial score (nSPS) is 20.3. The monoisotopic (exact) mass is 953 g/mol. The highest BCUT2D eigenvalue weighted by atomic mass is 19.4. The number of piperidine rings is 2. The quantitative estimate of drug-likeness (QED) is 0.138. The van der Waals surface area contributed by atoms with Gasteiger partial charge < -0.3 is 35.4 Å². The van der Waals surface area contributed by atoms with E-state index in [4.69, 9.17) is 15.5 Å². The average molecular weight is 954 g/mol. The smallest absolute Gasteiger partial charge is 0.416 e. The second-order valence-corrected chi connectivity index (χ2v) is 19.7. The number of hydrogen-bond donors (Lipinski definition) is 3. The van der Waals surface area contributed by atoms with Gasteiger partial charge in [-0.25, -0.2) is 9.78 Å². The Bertz CT molecular complexity index is 2580. The number of piperazine rings is 1. The number of methoxy groups -OCH3 is 1. The molecule has 1 atom stereocenters. The lowest BCUT2D eigenvalue weighted by Crippen LogP contribution is -2.52. The highest BCUT2D eigenvalue weighted by molar-refractivity contribution is 6.07. The zero-order valence-corrected chi connectivity index (χ0v) is 39.6. The number of benzene rings is 2. The van der Waals surface area contributed by atoms with Crippen molar-refractivity contribution in [1.29, 1.82) is 0 Å². The number of halogens is 3. The minimum Gasteiger partial charge on any atom is -0.495 e. The predicted octanol–water partition coefficient (Wildman–Crippen LogP) is 7.04. The third-order valence-corrected chi connectivity index (χ3v) is 15.4. The highest BCUT2D eigenvalue weighted by Crippen LogP contribution is 2.47. The minimum atomic E-state index is -4.53. The lowest BCUT2D eigenvalue weighted by atomic mass is 9.65. The number of imide groups is 1. The Hall–Kier alpha value is -6.24. The van der Waals surface area contributed by atoms with Crippen LogP contribution in [0, 0.1) is 24.2 Å². The van der Waals surface area contributed by atoms with E-state index in [9.17, 15) is 32.3 Å². The van der Waals surface area contributed by atoms with Gasteiger partial charge in [0, 0.05) is 92.9 Å². The van der Waals surface area contributed by atoms with Crippen LogP contribution >= 0.6 is 0 Å². The summed E-state index contributed by atoms with van der Waals surface area (Å²) in [5.74, 6) is 2.11. The SMILES string of the molecule is COc1ccc(C(=O)N2CCC3(CCC(CN4CCC(C(=O)N5CCN(c6cc7c(N[C@H](C)c8cc(N)cc(C(F)(F)F)c8)nnc(C)c7cn6)CC5)CC4)CC3)CC2)cc1N1CCC(=O)NC1=O. The predicted molar refractivity (Wildman–Crippen MR) is 256 cm³/mol. The van der Waals surface area contributed by atoms with Gasteiger partial charge in [-0.1, -0.05) is 0 Å². The van der Waals surface area contributed by atoms with Gasteiger partial charge in [0.25, 0.3) is 5.91 Å². The van der Waals surface area contributed by atoms with Gasteiger partial charge in [-0.05, 0) is 138 Å². The number of aromatic nitrogens is 3. The Kier molecular flexibility index (Phi) is 13.6. The molecule has 0 unspecified atom stereocenters. The molecule has 0 radical (unpaired) electrons. The molecular weight excluding hydrogens is 892 g/mol. The molecule has 4 aliphatic heterocycles. The molecule has 19 heteroatoms. The first-order valence-electron chi connectivity index (χ1n) is 24.3. The summed E-state index contributed by atoms with van der Waals surface area (Å²) in [5, 5.41) is 15.8. The first-order valence-corrected chi connectivity index (χ1v) is 24.3. The lowest BCUT2D eigenvalue weighted by Gasteiger charge is -2.47. The van der Waals surface area contributed by atoms with Crippen molar-refractivity contribution in [2.75, 3.05) is 93.4 Å². The second-order valence-electron chi connectivity index (χ2n) is 19.7. The van der Waals surface area contributed by atoms with Crippen molar-refractivity contribution in [2.24, 2.45) is 17.3 Å². The fourth-order valence-corrected chi connectivity index (χ4v) is 11.1. The molecule has 9 rings (SSSR count). The number of carbonyl (C=O) groups is 4. The first kappa shape index (κ1) is 47.8. The van der Waals surface area contributed by atoms with E-state index in [0.717, 1.165) is 86.9 Å². The number of carbonyl (C=O) groups excluding carboxylic acids is 4. The number of pyridine rings is 1. The Morgan fingerprint density at radius 1 is 0.884 bits per heavy atom. The maximum absolute atomic E-state index is 13.8. The number of aryl methyl sites for hydroxylation is 1. The third kappa shape index (κ3) is 10.4. The van der Waals surface area contributed by atoms with Crippen LogP contribution in [0.5, 0.6) is 5.75 Å². The van der Waals surface area contributed by atoms with Crippen molar-refractivity contribution >= 4 is 57.5 Å². The Morgan fingerprint density at radius 2 is 1.61 bits per heavy atom. The van der Waals surface area contributed by atoms with Gasteiger partial charge in [-0.2, -0.15) is 18.3 Å². The van der Waals surface area contributed by atoms with E-state index < -0.39 is 23.8 Å². The van der Waals surface area contributed by atoms with Crippen molar-refractivity contribution in [1.82, 2.24) is 35.2 Å². The number of nitrogens with zero attached hydrogens (tertiary/aromatic N) is 8. The van der Waals surface area contributed by atoms with Crippen molar-refractivity contribution in [3.05, 3.63) is 71.0 Å².